The van der Waals surface area contributed by atoms with E-state index >= 15 is 0 Å². The number of anilines is 1. The Hall–Kier alpha value is -1.97. The summed E-state index contributed by atoms with van der Waals surface area (Å²) >= 11 is 0. The first-order valence-electron chi connectivity index (χ1n) is 6.76. The van der Waals surface area contributed by atoms with E-state index in [2.05, 4.69) is 32.0 Å². The van der Waals surface area contributed by atoms with Crippen molar-refractivity contribution in [2.45, 2.75) is 25.7 Å². The second kappa shape index (κ2) is 5.34. The molecule has 0 spiro atoms. The summed E-state index contributed by atoms with van der Waals surface area (Å²) in [6.45, 7) is 4.13. The molecule has 1 atom stereocenters. The number of hydrogen-bond acceptors (Lipinski definition) is 4. The van der Waals surface area contributed by atoms with Crippen molar-refractivity contribution in [2.24, 2.45) is 0 Å². The zero-order valence-electron chi connectivity index (χ0n) is 11.2. The van der Waals surface area contributed by atoms with E-state index in [4.69, 9.17) is 0 Å². The van der Waals surface area contributed by atoms with Gasteiger partial charge >= 0.3 is 0 Å². The lowest BCUT2D eigenvalue weighted by Crippen LogP contribution is -2.34. The highest BCUT2D eigenvalue weighted by Crippen LogP contribution is 2.28. The Bertz CT molecular complexity index is 541. The normalized spacial score (nSPS) is 19.4. The van der Waals surface area contributed by atoms with Gasteiger partial charge in [0.2, 0.25) is 0 Å². The van der Waals surface area contributed by atoms with Crippen molar-refractivity contribution in [1.82, 2.24) is 15.0 Å². The van der Waals surface area contributed by atoms with Crippen LogP contribution in [0.15, 0.2) is 36.9 Å². The highest BCUT2D eigenvalue weighted by molar-refractivity contribution is 5.45. The first kappa shape index (κ1) is 12.1. The molecule has 2 aromatic rings. The van der Waals surface area contributed by atoms with E-state index in [9.17, 15) is 0 Å². The van der Waals surface area contributed by atoms with Gasteiger partial charge in [0.05, 0.1) is 11.4 Å². The Labute approximate surface area is 113 Å². The lowest BCUT2D eigenvalue weighted by Gasteiger charge is -2.34. The molecule has 2 aromatic heterocycles. The number of pyridine rings is 1. The molecule has 0 N–H and O–H groups in total. The Morgan fingerprint density at radius 1 is 1.16 bits per heavy atom. The standard InChI is InChI=1S/C15H18N4/c1-12-9-17-10-15(18-12)13-3-2-8-19(11-13)14-4-6-16-7-5-14/h4-7,9-10,13H,2-3,8,11H2,1H3. The molecule has 19 heavy (non-hydrogen) atoms. The van der Waals surface area contributed by atoms with Gasteiger partial charge in [-0.2, -0.15) is 0 Å². The minimum atomic E-state index is 0.481. The average Bonchev–Trinajstić information content (AvgIpc) is 2.48. The maximum absolute atomic E-state index is 4.62. The van der Waals surface area contributed by atoms with E-state index < -0.39 is 0 Å². The second-order valence-corrected chi connectivity index (χ2v) is 5.08. The summed E-state index contributed by atoms with van der Waals surface area (Å²) in [5.74, 6) is 0.481. The first-order chi connectivity index (χ1) is 9.33. The average molecular weight is 254 g/mol. The van der Waals surface area contributed by atoms with Crippen molar-refractivity contribution in [3.05, 3.63) is 48.3 Å². The summed E-state index contributed by atoms with van der Waals surface area (Å²) in [7, 11) is 0. The van der Waals surface area contributed by atoms with Crippen molar-refractivity contribution in [3.63, 3.8) is 0 Å². The number of rotatable bonds is 2. The molecule has 1 aliphatic rings. The van der Waals surface area contributed by atoms with Crippen LogP contribution in [0.4, 0.5) is 5.69 Å². The van der Waals surface area contributed by atoms with Gasteiger partial charge in [-0.25, -0.2) is 0 Å². The topological polar surface area (TPSA) is 41.9 Å². The lowest BCUT2D eigenvalue weighted by atomic mass is 9.94. The fraction of sp³-hybridized carbons (Fsp3) is 0.400. The molecule has 0 saturated carbocycles. The van der Waals surface area contributed by atoms with Crippen LogP contribution in [-0.4, -0.2) is 28.0 Å². The van der Waals surface area contributed by atoms with Gasteiger partial charge in [0.15, 0.2) is 0 Å². The molecule has 1 fully saturated rings. The third kappa shape index (κ3) is 2.72. The largest absolute Gasteiger partial charge is 0.371 e. The molecule has 0 aromatic carbocycles. The highest BCUT2D eigenvalue weighted by atomic mass is 15.1. The van der Waals surface area contributed by atoms with Crippen molar-refractivity contribution >= 4 is 5.69 Å². The van der Waals surface area contributed by atoms with Crippen LogP contribution in [0.1, 0.15) is 30.1 Å². The summed E-state index contributed by atoms with van der Waals surface area (Å²) in [6.07, 6.45) is 9.82. The van der Waals surface area contributed by atoms with Gasteiger partial charge in [0, 0.05) is 49.5 Å². The SMILES string of the molecule is Cc1cncc(C2CCCN(c3ccncc3)C2)n1. The fourth-order valence-corrected chi connectivity index (χ4v) is 2.69. The van der Waals surface area contributed by atoms with Gasteiger partial charge in [-0.3, -0.25) is 15.0 Å². The zero-order chi connectivity index (χ0) is 13.1. The van der Waals surface area contributed by atoms with Crippen LogP contribution in [0.3, 0.4) is 0 Å². The molecular weight excluding hydrogens is 236 g/mol. The van der Waals surface area contributed by atoms with Gasteiger partial charge in [-0.15, -0.1) is 0 Å². The summed E-state index contributed by atoms with van der Waals surface area (Å²) in [6, 6.07) is 4.15. The number of aryl methyl sites for hydroxylation is 1. The van der Waals surface area contributed by atoms with Crippen molar-refractivity contribution in [3.8, 4) is 0 Å². The van der Waals surface area contributed by atoms with Crippen molar-refractivity contribution in [1.29, 1.82) is 0 Å². The first-order valence-corrected chi connectivity index (χ1v) is 6.76. The predicted molar refractivity (Wildman–Crippen MR) is 75.2 cm³/mol. The lowest BCUT2D eigenvalue weighted by molar-refractivity contribution is 0.499. The van der Waals surface area contributed by atoms with E-state index in [1.165, 1.54) is 18.5 Å². The summed E-state index contributed by atoms with van der Waals surface area (Å²) in [5, 5.41) is 0. The van der Waals surface area contributed by atoms with Crippen LogP contribution in [0.5, 0.6) is 0 Å². The van der Waals surface area contributed by atoms with Crippen LogP contribution >= 0.6 is 0 Å². The highest BCUT2D eigenvalue weighted by Gasteiger charge is 2.22. The van der Waals surface area contributed by atoms with E-state index in [1.54, 1.807) is 0 Å². The van der Waals surface area contributed by atoms with E-state index in [-0.39, 0.29) is 0 Å². The van der Waals surface area contributed by atoms with Crippen molar-refractivity contribution in [2.75, 3.05) is 18.0 Å². The molecule has 1 aliphatic heterocycles. The molecule has 0 radical (unpaired) electrons. The molecule has 0 amide bonds. The molecular formula is C15H18N4. The smallest absolute Gasteiger partial charge is 0.0638 e. The van der Waals surface area contributed by atoms with Gasteiger partial charge in [-0.05, 0) is 31.9 Å². The van der Waals surface area contributed by atoms with Crippen LogP contribution in [-0.2, 0) is 0 Å². The van der Waals surface area contributed by atoms with Gasteiger partial charge in [0.25, 0.3) is 0 Å². The molecule has 1 saturated heterocycles. The second-order valence-electron chi connectivity index (χ2n) is 5.08. The number of nitrogens with zero attached hydrogens (tertiary/aromatic N) is 4. The molecule has 0 bridgehead atoms. The van der Waals surface area contributed by atoms with Crippen molar-refractivity contribution < 1.29 is 0 Å². The maximum atomic E-state index is 4.62. The van der Waals surface area contributed by atoms with Gasteiger partial charge in [0.1, 0.15) is 0 Å². The minimum Gasteiger partial charge on any atom is -0.371 e. The predicted octanol–water partition coefficient (Wildman–Crippen LogP) is 2.56. The molecule has 3 rings (SSSR count). The molecule has 0 aliphatic carbocycles. The van der Waals surface area contributed by atoms with Crippen LogP contribution in [0.2, 0.25) is 0 Å². The Kier molecular flexibility index (Phi) is 3.40. The van der Waals surface area contributed by atoms with Crippen LogP contribution < -0.4 is 4.90 Å². The summed E-state index contributed by atoms with van der Waals surface area (Å²) in [5.41, 5.74) is 3.37. The van der Waals surface area contributed by atoms with E-state index in [0.29, 0.717) is 5.92 Å². The molecule has 4 nitrogen and oxygen atoms in total. The Morgan fingerprint density at radius 3 is 2.79 bits per heavy atom. The van der Waals surface area contributed by atoms with Crippen LogP contribution in [0.25, 0.3) is 0 Å². The Balaban J connectivity index is 1.78. The van der Waals surface area contributed by atoms with Gasteiger partial charge in [-0.1, -0.05) is 0 Å². The number of piperidine rings is 1. The maximum Gasteiger partial charge on any atom is 0.0638 e. The number of aromatic nitrogens is 3. The van der Waals surface area contributed by atoms with Gasteiger partial charge < -0.3 is 4.90 Å². The quantitative estimate of drug-likeness (QED) is 0.826. The summed E-state index contributed by atoms with van der Waals surface area (Å²) in [4.78, 5) is 15.4. The minimum absolute atomic E-state index is 0.481. The zero-order valence-corrected chi connectivity index (χ0v) is 11.2. The molecule has 1 unspecified atom stereocenters. The Morgan fingerprint density at radius 2 is 2.00 bits per heavy atom. The summed E-state index contributed by atoms with van der Waals surface area (Å²) < 4.78 is 0. The molecule has 3 heterocycles. The monoisotopic (exact) mass is 254 g/mol. The van der Waals surface area contributed by atoms with E-state index in [1.807, 2.05) is 31.7 Å². The van der Waals surface area contributed by atoms with Crippen LogP contribution in [0, 0.1) is 6.92 Å². The third-order valence-corrected chi connectivity index (χ3v) is 3.64. The fourth-order valence-electron chi connectivity index (χ4n) is 2.69. The molecule has 98 valence electrons. The molecule has 4 heteroatoms. The third-order valence-electron chi connectivity index (χ3n) is 3.64. The number of hydrogen-bond donors (Lipinski definition) is 0. The van der Waals surface area contributed by atoms with E-state index in [0.717, 1.165) is 24.5 Å².